The Hall–Kier alpha value is -0.220. The van der Waals surface area contributed by atoms with Crippen molar-refractivity contribution in [2.24, 2.45) is 0 Å². The van der Waals surface area contributed by atoms with Crippen LogP contribution >= 0.6 is 0 Å². The van der Waals surface area contributed by atoms with Gasteiger partial charge in [0.1, 0.15) is 0 Å². The molecule has 10 heavy (non-hydrogen) atoms. The molecule has 0 aliphatic rings. The first-order chi connectivity index (χ1) is 4.66. The lowest BCUT2D eigenvalue weighted by Crippen LogP contribution is -2.31. The number of rotatable bonds is 5. The zero-order chi connectivity index (χ0) is 7.98. The fourth-order valence-corrected chi connectivity index (χ4v) is 0.630. The first kappa shape index (κ1) is 9.78. The minimum absolute atomic E-state index is 0.137. The van der Waals surface area contributed by atoms with E-state index in [0.717, 1.165) is 6.54 Å². The molecule has 0 spiro atoms. The molecule has 0 aromatic carbocycles. The lowest BCUT2D eigenvalue weighted by molar-refractivity contribution is 0.101. The molecule has 0 unspecified atom stereocenters. The van der Waals surface area contributed by atoms with Gasteiger partial charge in [-0.2, -0.15) is 0 Å². The normalized spacial score (nSPS) is 11.4. The summed E-state index contributed by atoms with van der Waals surface area (Å²) in [5.41, 5.74) is 0. The number of halogens is 2. The van der Waals surface area contributed by atoms with Crippen LogP contribution in [0, 0.1) is 0 Å². The molecule has 2 nitrogen and oxygen atoms in total. The van der Waals surface area contributed by atoms with Crippen LogP contribution < -0.4 is 5.32 Å². The molecule has 0 bridgehead atoms. The third-order valence-corrected chi connectivity index (χ3v) is 1.19. The van der Waals surface area contributed by atoms with Crippen molar-refractivity contribution in [2.45, 2.75) is 6.43 Å². The molecule has 0 saturated carbocycles. The van der Waals surface area contributed by atoms with E-state index in [2.05, 4.69) is 5.32 Å². The highest BCUT2D eigenvalue weighted by molar-refractivity contribution is 4.53. The Bertz CT molecular complexity index is 78.1. The summed E-state index contributed by atoms with van der Waals surface area (Å²) in [5, 5.41) is 2.89. The van der Waals surface area contributed by atoms with Gasteiger partial charge in [0.2, 0.25) is 0 Å². The SMILES string of the molecule is CNCCN(C)CC(F)F. The fraction of sp³-hybridized carbons (Fsp3) is 1.00. The summed E-state index contributed by atoms with van der Waals surface area (Å²) >= 11 is 0. The lowest BCUT2D eigenvalue weighted by atomic mass is 10.5. The summed E-state index contributed by atoms with van der Waals surface area (Å²) in [4.78, 5) is 1.60. The van der Waals surface area contributed by atoms with E-state index in [1.165, 1.54) is 0 Å². The van der Waals surface area contributed by atoms with E-state index in [-0.39, 0.29) is 6.54 Å². The maximum Gasteiger partial charge on any atom is 0.251 e. The quantitative estimate of drug-likeness (QED) is 0.613. The highest BCUT2D eigenvalue weighted by Gasteiger charge is 2.05. The standard InChI is InChI=1S/C6H14F2N2/c1-9-3-4-10(2)5-6(7)8/h6,9H,3-5H2,1-2H3. The summed E-state index contributed by atoms with van der Waals surface area (Å²) < 4.78 is 23.3. The number of hydrogen-bond donors (Lipinski definition) is 1. The molecule has 0 rings (SSSR count). The molecule has 0 aliphatic heterocycles. The van der Waals surface area contributed by atoms with E-state index in [4.69, 9.17) is 0 Å². The summed E-state index contributed by atoms with van der Waals surface area (Å²) in [6.07, 6.45) is -2.22. The average molecular weight is 152 g/mol. The van der Waals surface area contributed by atoms with Crippen LogP contribution in [0.15, 0.2) is 0 Å². The molecule has 0 fully saturated rings. The molecule has 0 radical (unpaired) electrons. The van der Waals surface area contributed by atoms with E-state index >= 15 is 0 Å². The largest absolute Gasteiger partial charge is 0.318 e. The Balaban J connectivity index is 3.16. The van der Waals surface area contributed by atoms with Gasteiger partial charge in [0.25, 0.3) is 6.43 Å². The summed E-state index contributed by atoms with van der Waals surface area (Å²) in [7, 11) is 3.49. The second-order valence-electron chi connectivity index (χ2n) is 2.26. The van der Waals surface area contributed by atoms with Gasteiger partial charge in [-0.25, -0.2) is 8.78 Å². The molecule has 0 amide bonds. The molecular weight excluding hydrogens is 138 g/mol. The van der Waals surface area contributed by atoms with Gasteiger partial charge >= 0.3 is 0 Å². The zero-order valence-electron chi connectivity index (χ0n) is 6.40. The highest BCUT2D eigenvalue weighted by Crippen LogP contribution is 1.93. The van der Waals surface area contributed by atoms with Gasteiger partial charge in [-0.1, -0.05) is 0 Å². The van der Waals surface area contributed by atoms with Crippen molar-refractivity contribution in [3.8, 4) is 0 Å². The Labute approximate surface area is 60.2 Å². The Morgan fingerprint density at radius 3 is 2.50 bits per heavy atom. The fourth-order valence-electron chi connectivity index (χ4n) is 0.630. The summed E-state index contributed by atoms with van der Waals surface area (Å²) in [5.74, 6) is 0. The van der Waals surface area contributed by atoms with E-state index < -0.39 is 6.43 Å². The smallest absolute Gasteiger partial charge is 0.251 e. The lowest BCUT2D eigenvalue weighted by Gasteiger charge is -2.14. The minimum Gasteiger partial charge on any atom is -0.318 e. The Morgan fingerprint density at radius 1 is 1.50 bits per heavy atom. The van der Waals surface area contributed by atoms with Gasteiger partial charge in [-0.05, 0) is 14.1 Å². The zero-order valence-corrected chi connectivity index (χ0v) is 6.40. The number of alkyl halides is 2. The van der Waals surface area contributed by atoms with Crippen molar-refractivity contribution >= 4 is 0 Å². The topological polar surface area (TPSA) is 15.3 Å². The van der Waals surface area contributed by atoms with Crippen LogP contribution in [0.3, 0.4) is 0 Å². The molecule has 62 valence electrons. The van der Waals surface area contributed by atoms with Crippen LogP contribution in [0.25, 0.3) is 0 Å². The predicted molar refractivity (Wildman–Crippen MR) is 37.4 cm³/mol. The highest BCUT2D eigenvalue weighted by atomic mass is 19.3. The van der Waals surface area contributed by atoms with Gasteiger partial charge in [0, 0.05) is 13.1 Å². The Morgan fingerprint density at radius 2 is 2.10 bits per heavy atom. The molecular formula is C6H14F2N2. The second kappa shape index (κ2) is 5.56. The number of nitrogens with one attached hydrogen (secondary N) is 1. The molecule has 0 aromatic heterocycles. The molecule has 4 heteroatoms. The van der Waals surface area contributed by atoms with Crippen molar-refractivity contribution < 1.29 is 8.78 Å². The van der Waals surface area contributed by atoms with Gasteiger partial charge < -0.3 is 5.32 Å². The van der Waals surface area contributed by atoms with Crippen LogP contribution in [0.1, 0.15) is 0 Å². The Kier molecular flexibility index (Phi) is 5.43. The molecule has 0 heterocycles. The van der Waals surface area contributed by atoms with Crippen molar-refractivity contribution in [3.63, 3.8) is 0 Å². The summed E-state index contributed by atoms with van der Waals surface area (Å²) in [6.45, 7) is 1.28. The maximum absolute atomic E-state index is 11.7. The molecule has 0 atom stereocenters. The number of hydrogen-bond acceptors (Lipinski definition) is 2. The third kappa shape index (κ3) is 5.91. The monoisotopic (exact) mass is 152 g/mol. The third-order valence-electron chi connectivity index (χ3n) is 1.19. The van der Waals surface area contributed by atoms with Crippen LogP contribution in [0.5, 0.6) is 0 Å². The van der Waals surface area contributed by atoms with E-state index in [1.807, 2.05) is 0 Å². The molecule has 0 aromatic rings. The second-order valence-corrected chi connectivity index (χ2v) is 2.26. The predicted octanol–water partition coefficient (Wildman–Crippen LogP) is 0.403. The van der Waals surface area contributed by atoms with Crippen LogP contribution in [-0.2, 0) is 0 Å². The molecule has 1 N–H and O–H groups in total. The van der Waals surface area contributed by atoms with Gasteiger partial charge in [0.15, 0.2) is 0 Å². The van der Waals surface area contributed by atoms with E-state index in [1.54, 1.807) is 19.0 Å². The molecule has 0 saturated heterocycles. The van der Waals surface area contributed by atoms with Crippen molar-refractivity contribution in [2.75, 3.05) is 33.7 Å². The average Bonchev–Trinajstić information content (AvgIpc) is 1.82. The van der Waals surface area contributed by atoms with Crippen molar-refractivity contribution in [1.82, 2.24) is 10.2 Å². The van der Waals surface area contributed by atoms with Gasteiger partial charge in [0.05, 0.1) is 6.54 Å². The van der Waals surface area contributed by atoms with E-state index in [9.17, 15) is 8.78 Å². The van der Waals surface area contributed by atoms with Crippen LogP contribution in [0.4, 0.5) is 8.78 Å². The van der Waals surface area contributed by atoms with Crippen molar-refractivity contribution in [3.05, 3.63) is 0 Å². The van der Waals surface area contributed by atoms with Gasteiger partial charge in [-0.3, -0.25) is 4.90 Å². The maximum atomic E-state index is 11.7. The van der Waals surface area contributed by atoms with Gasteiger partial charge in [-0.15, -0.1) is 0 Å². The van der Waals surface area contributed by atoms with E-state index in [0.29, 0.717) is 6.54 Å². The number of nitrogens with zero attached hydrogens (tertiary/aromatic N) is 1. The minimum atomic E-state index is -2.22. The van der Waals surface area contributed by atoms with Crippen LogP contribution in [-0.4, -0.2) is 45.1 Å². The van der Waals surface area contributed by atoms with Crippen molar-refractivity contribution in [1.29, 1.82) is 0 Å². The first-order valence-corrected chi connectivity index (χ1v) is 3.28. The molecule has 0 aliphatic carbocycles. The summed E-state index contributed by atoms with van der Waals surface area (Å²) in [6, 6.07) is 0. The number of likely N-dealkylation sites (N-methyl/N-ethyl adjacent to an activating group) is 2. The first-order valence-electron chi connectivity index (χ1n) is 3.28. The van der Waals surface area contributed by atoms with Crippen LogP contribution in [0.2, 0.25) is 0 Å².